The molecule has 0 bridgehead atoms. The largest absolute Gasteiger partial charge is 1.00 e. The topological polar surface area (TPSA) is 0 Å². The molecule has 0 aliphatic heterocycles. The first kappa shape index (κ1) is 9.88. The Morgan fingerprint density at radius 3 is 1.17 bits per heavy atom. The summed E-state index contributed by atoms with van der Waals surface area (Å²) < 4.78 is 0. The molecular weight excluding hydrogens is 140 g/mol. The first-order valence-corrected chi connectivity index (χ1v) is 5.56. The van der Waals surface area contributed by atoms with Crippen molar-refractivity contribution in [2.45, 2.75) is 19.6 Å². The average Bonchev–Trinajstić information content (AvgIpc) is 0.722. The quantitative estimate of drug-likeness (QED) is 0.364. The van der Waals surface area contributed by atoms with Gasteiger partial charge in [-0.05, 0) is 0 Å². The molecule has 0 fully saturated rings. The normalized spacial score (nSPS) is 10.0. The van der Waals surface area contributed by atoms with Crippen LogP contribution in [0.25, 0.3) is 0 Å². The van der Waals surface area contributed by atoms with Gasteiger partial charge in [0, 0.05) is 0 Å². The molecule has 0 spiro atoms. The second-order valence-corrected chi connectivity index (χ2v) is 7.68. The molecule has 0 rings (SSSR count). The molecule has 0 aromatic heterocycles. The van der Waals surface area contributed by atoms with Gasteiger partial charge in [-0.15, -0.1) is 8.07 Å². The summed E-state index contributed by atoms with van der Waals surface area (Å²) in [7, 11) is -0.861. The number of hydrogen-bond acceptors (Lipinski definition) is 0. The Balaban J connectivity index is 0. The van der Waals surface area contributed by atoms with Crippen LogP contribution in [0.4, 0.5) is 0 Å². The van der Waals surface area contributed by atoms with Crippen molar-refractivity contribution in [1.29, 1.82) is 0 Å². The Morgan fingerprint density at radius 1 is 1.17 bits per heavy atom. The van der Waals surface area contributed by atoms with E-state index in [0.29, 0.717) is 0 Å². The van der Waals surface area contributed by atoms with Gasteiger partial charge in [0.05, 0.1) is 0 Å². The van der Waals surface area contributed by atoms with E-state index in [2.05, 4.69) is 26.2 Å². The predicted molar refractivity (Wildman–Crippen MR) is 28.7 cm³/mol. The van der Waals surface area contributed by atoms with Crippen LogP contribution in [0.15, 0.2) is 0 Å². The van der Waals surface area contributed by atoms with Crippen molar-refractivity contribution in [1.82, 2.24) is 0 Å². The summed E-state index contributed by atoms with van der Waals surface area (Å²) in [5.41, 5.74) is 0. The third-order valence-corrected chi connectivity index (χ3v) is 0. The van der Waals surface area contributed by atoms with E-state index in [9.17, 15) is 0 Å². The molecule has 6 heavy (non-hydrogen) atoms. The third-order valence-electron chi connectivity index (χ3n) is 0. The van der Waals surface area contributed by atoms with Crippen molar-refractivity contribution in [3.63, 3.8) is 0 Å². The molecule has 0 aromatic rings. The van der Waals surface area contributed by atoms with Crippen LogP contribution in [0.1, 0.15) is 0 Å². The van der Waals surface area contributed by atoms with Crippen LogP contribution < -0.4 is 0 Å². The van der Waals surface area contributed by atoms with Gasteiger partial charge in [0.1, 0.15) is 0 Å². The second kappa shape index (κ2) is 2.84. The van der Waals surface area contributed by atoms with Crippen LogP contribution in [-0.2, 0) is 17.1 Å². The Morgan fingerprint density at radius 2 is 1.17 bits per heavy atom. The SMILES string of the molecule is [CH2-][Si](C)(C)C.[Cu+]. The summed E-state index contributed by atoms with van der Waals surface area (Å²) in [6.07, 6.45) is 0. The van der Waals surface area contributed by atoms with E-state index in [1.807, 2.05) is 0 Å². The van der Waals surface area contributed by atoms with E-state index in [-0.39, 0.29) is 17.1 Å². The van der Waals surface area contributed by atoms with Crippen LogP contribution in [0.2, 0.25) is 19.6 Å². The summed E-state index contributed by atoms with van der Waals surface area (Å²) in [5, 5.41) is 0. The number of hydrogen-bond donors (Lipinski definition) is 0. The maximum absolute atomic E-state index is 3.91. The van der Waals surface area contributed by atoms with Crippen LogP contribution in [0.5, 0.6) is 0 Å². The molecule has 42 valence electrons. The minimum absolute atomic E-state index is 0. The van der Waals surface area contributed by atoms with Gasteiger partial charge in [-0.2, -0.15) is 0 Å². The first-order chi connectivity index (χ1) is 2.00. The zero-order chi connectivity index (χ0) is 4.50. The monoisotopic (exact) mass is 150 g/mol. The Kier molecular flexibility index (Phi) is 4.67. The molecule has 0 nitrogen and oxygen atoms in total. The fourth-order valence-electron chi connectivity index (χ4n) is 0. The van der Waals surface area contributed by atoms with Crippen molar-refractivity contribution in [2.24, 2.45) is 0 Å². The van der Waals surface area contributed by atoms with Gasteiger partial charge < -0.3 is 6.55 Å². The van der Waals surface area contributed by atoms with Gasteiger partial charge in [-0.3, -0.25) is 0 Å². The molecule has 0 aliphatic rings. The molecule has 0 N–H and O–H groups in total. The molecule has 0 unspecified atom stereocenters. The maximum Gasteiger partial charge on any atom is 1.00 e. The van der Waals surface area contributed by atoms with Crippen molar-refractivity contribution < 1.29 is 17.1 Å². The second-order valence-electron chi connectivity index (χ2n) is 2.56. The average molecular weight is 151 g/mol. The van der Waals surface area contributed by atoms with Gasteiger partial charge in [-0.25, -0.2) is 0 Å². The fraction of sp³-hybridized carbons (Fsp3) is 0.750. The minimum Gasteiger partial charge on any atom is -0.342 e. The summed E-state index contributed by atoms with van der Waals surface area (Å²) in [4.78, 5) is 0. The van der Waals surface area contributed by atoms with E-state index in [0.717, 1.165) is 0 Å². The summed E-state index contributed by atoms with van der Waals surface area (Å²) in [6.45, 7) is 10.6. The van der Waals surface area contributed by atoms with Gasteiger partial charge in [-0.1, -0.05) is 19.6 Å². The van der Waals surface area contributed by atoms with E-state index in [1.165, 1.54) is 0 Å². The maximum atomic E-state index is 3.91. The molecule has 0 amide bonds. The molecule has 2 heteroatoms. The molecular formula is C4H11CuSi. The van der Waals surface area contributed by atoms with Crippen molar-refractivity contribution in [3.8, 4) is 0 Å². The molecule has 0 aliphatic carbocycles. The predicted octanol–water partition coefficient (Wildman–Crippen LogP) is 1.70. The molecule has 0 saturated carbocycles. The van der Waals surface area contributed by atoms with Crippen molar-refractivity contribution in [2.75, 3.05) is 0 Å². The summed E-state index contributed by atoms with van der Waals surface area (Å²) in [5.74, 6) is 0. The van der Waals surface area contributed by atoms with Gasteiger partial charge in [0.15, 0.2) is 0 Å². The molecule has 0 atom stereocenters. The zero-order valence-corrected chi connectivity index (χ0v) is 6.45. The van der Waals surface area contributed by atoms with Crippen molar-refractivity contribution in [3.05, 3.63) is 6.55 Å². The summed E-state index contributed by atoms with van der Waals surface area (Å²) >= 11 is 0. The van der Waals surface area contributed by atoms with Crippen LogP contribution in [0.3, 0.4) is 0 Å². The Hall–Kier alpha value is 0.736. The third kappa shape index (κ3) is 122. The Bertz CT molecular complexity index is 23.0. The van der Waals surface area contributed by atoms with Gasteiger partial charge in [0.2, 0.25) is 0 Å². The Labute approximate surface area is 51.8 Å². The van der Waals surface area contributed by atoms with Crippen LogP contribution >= 0.6 is 0 Å². The number of rotatable bonds is 0. The molecule has 0 aromatic carbocycles. The van der Waals surface area contributed by atoms with E-state index in [4.69, 9.17) is 0 Å². The van der Waals surface area contributed by atoms with E-state index in [1.54, 1.807) is 0 Å². The molecule has 0 radical (unpaired) electrons. The molecule has 0 saturated heterocycles. The smallest absolute Gasteiger partial charge is 0.342 e. The van der Waals surface area contributed by atoms with Gasteiger partial charge in [0.25, 0.3) is 0 Å². The fourth-order valence-corrected chi connectivity index (χ4v) is 0. The van der Waals surface area contributed by atoms with Gasteiger partial charge >= 0.3 is 17.1 Å². The van der Waals surface area contributed by atoms with E-state index >= 15 is 0 Å². The van der Waals surface area contributed by atoms with Crippen molar-refractivity contribution >= 4 is 8.07 Å². The van der Waals surface area contributed by atoms with Crippen LogP contribution in [-0.4, -0.2) is 8.07 Å². The van der Waals surface area contributed by atoms with Crippen LogP contribution in [0, 0.1) is 6.55 Å². The summed E-state index contributed by atoms with van der Waals surface area (Å²) in [6, 6.07) is 0. The zero-order valence-electron chi connectivity index (χ0n) is 4.51. The minimum atomic E-state index is -0.861. The van der Waals surface area contributed by atoms with E-state index < -0.39 is 8.07 Å². The standard InChI is InChI=1S/C4H11Si.Cu/c1-5(2,3)4;/h1H2,2-4H3;/q-1;+1. The first-order valence-electron chi connectivity index (χ1n) is 1.85. The molecule has 0 heterocycles.